The largest absolute Gasteiger partial charge is 0.497 e. The molecule has 1 saturated heterocycles. The van der Waals surface area contributed by atoms with Crippen LogP contribution in [0.5, 0.6) is 11.5 Å². The maximum Gasteiger partial charge on any atom is 0.293 e. The van der Waals surface area contributed by atoms with E-state index in [-0.39, 0.29) is 23.7 Å². The maximum atomic E-state index is 13.9. The predicted molar refractivity (Wildman–Crippen MR) is 148 cm³/mol. The number of ether oxygens (including phenoxy) is 3. The Labute approximate surface area is 228 Å². The minimum absolute atomic E-state index is 0.0654. The molecule has 3 aromatic carbocycles. The van der Waals surface area contributed by atoms with E-state index < -0.39 is 14.9 Å². The summed E-state index contributed by atoms with van der Waals surface area (Å²) in [6, 6.07) is 18.2. The van der Waals surface area contributed by atoms with E-state index in [4.69, 9.17) is 14.2 Å². The van der Waals surface area contributed by atoms with Crippen molar-refractivity contribution in [1.82, 2.24) is 4.31 Å². The molecule has 208 valence electrons. The van der Waals surface area contributed by atoms with Crippen molar-refractivity contribution in [3.63, 3.8) is 0 Å². The summed E-state index contributed by atoms with van der Waals surface area (Å²) in [6.45, 7) is 2.02. The van der Waals surface area contributed by atoms with Gasteiger partial charge < -0.3 is 19.5 Å². The molecule has 0 atom stereocenters. The van der Waals surface area contributed by atoms with Gasteiger partial charge in [0.1, 0.15) is 17.2 Å². The average molecular weight is 556 g/mol. The van der Waals surface area contributed by atoms with Gasteiger partial charge >= 0.3 is 0 Å². The van der Waals surface area contributed by atoms with Crippen LogP contribution in [0.25, 0.3) is 0 Å². The van der Waals surface area contributed by atoms with E-state index in [0.717, 1.165) is 30.0 Å². The van der Waals surface area contributed by atoms with Crippen molar-refractivity contribution in [2.75, 3.05) is 39.3 Å². The van der Waals surface area contributed by atoms with Crippen LogP contribution in [-0.2, 0) is 27.8 Å². The summed E-state index contributed by atoms with van der Waals surface area (Å²) in [5.41, 5.74) is 1.51. The summed E-state index contributed by atoms with van der Waals surface area (Å²) in [4.78, 5) is 11.2. The number of anilines is 1. The SMILES string of the molecule is COc1ccc(CN(Cc2ccc(OC)cc2)S(=O)(=O)c2ccc(NCC3CCOCC3)c([N+](=O)[O-])c2)cc1. The number of rotatable bonds is 12. The molecule has 0 unspecified atom stereocenters. The number of hydrogen-bond acceptors (Lipinski definition) is 8. The molecule has 0 spiro atoms. The highest BCUT2D eigenvalue weighted by molar-refractivity contribution is 7.89. The molecule has 0 amide bonds. The third-order valence-corrected chi connectivity index (χ3v) is 8.55. The number of methoxy groups -OCH3 is 2. The van der Waals surface area contributed by atoms with Crippen LogP contribution in [0.2, 0.25) is 0 Å². The molecule has 1 fully saturated rings. The molecule has 0 radical (unpaired) electrons. The summed E-state index contributed by atoms with van der Waals surface area (Å²) in [5.74, 6) is 1.65. The number of hydrogen-bond donors (Lipinski definition) is 1. The molecule has 0 saturated carbocycles. The van der Waals surface area contributed by atoms with Crippen molar-refractivity contribution in [2.45, 2.75) is 30.8 Å². The smallest absolute Gasteiger partial charge is 0.293 e. The fraction of sp³-hybridized carbons (Fsp3) is 0.357. The highest BCUT2D eigenvalue weighted by atomic mass is 32.2. The van der Waals surface area contributed by atoms with E-state index >= 15 is 0 Å². The van der Waals surface area contributed by atoms with E-state index in [2.05, 4.69) is 5.32 Å². The molecule has 10 nitrogen and oxygen atoms in total. The fourth-order valence-electron chi connectivity index (χ4n) is 4.42. The van der Waals surface area contributed by atoms with Gasteiger partial charge in [-0.1, -0.05) is 24.3 Å². The Balaban J connectivity index is 1.63. The zero-order valence-electron chi connectivity index (χ0n) is 22.0. The fourth-order valence-corrected chi connectivity index (χ4v) is 5.86. The first-order chi connectivity index (χ1) is 18.8. The Hall–Kier alpha value is -3.67. The van der Waals surface area contributed by atoms with Gasteiger partial charge in [0.05, 0.1) is 24.0 Å². The molecule has 0 aromatic heterocycles. The molecular weight excluding hydrogens is 522 g/mol. The molecule has 39 heavy (non-hydrogen) atoms. The number of nitrogens with one attached hydrogen (secondary N) is 1. The quantitative estimate of drug-likeness (QED) is 0.249. The Morgan fingerprint density at radius 1 is 0.923 bits per heavy atom. The highest BCUT2D eigenvalue weighted by Gasteiger charge is 2.28. The van der Waals surface area contributed by atoms with E-state index in [9.17, 15) is 18.5 Å². The van der Waals surface area contributed by atoms with E-state index in [0.29, 0.717) is 42.9 Å². The minimum atomic E-state index is -4.11. The maximum absolute atomic E-state index is 13.9. The predicted octanol–water partition coefficient (Wildman–Crippen LogP) is 4.84. The van der Waals surface area contributed by atoms with Gasteiger partial charge in [0, 0.05) is 38.9 Å². The summed E-state index contributed by atoms with van der Waals surface area (Å²) in [7, 11) is -0.995. The van der Waals surface area contributed by atoms with E-state index in [1.165, 1.54) is 16.4 Å². The standard InChI is InChI=1S/C28H33N3O7S/c1-36-24-7-3-22(4-8-24)19-30(20-23-5-9-25(37-2)10-6-23)39(34,35)26-11-12-27(28(17-26)31(32)33)29-18-21-13-15-38-16-14-21/h3-12,17,21,29H,13-16,18-20H2,1-2H3. The third-order valence-electron chi connectivity index (χ3n) is 6.76. The Morgan fingerprint density at radius 3 is 1.95 bits per heavy atom. The number of nitro benzene ring substituents is 1. The Bertz CT molecular complexity index is 1310. The van der Waals surface area contributed by atoms with Crippen molar-refractivity contribution in [2.24, 2.45) is 5.92 Å². The van der Waals surface area contributed by atoms with Crippen LogP contribution in [-0.4, -0.2) is 51.6 Å². The van der Waals surface area contributed by atoms with Gasteiger partial charge in [-0.15, -0.1) is 0 Å². The summed E-state index contributed by atoms with van der Waals surface area (Å²) in [5, 5.41) is 15.1. The monoisotopic (exact) mass is 555 g/mol. The summed E-state index contributed by atoms with van der Waals surface area (Å²) in [6.07, 6.45) is 1.75. The van der Waals surface area contributed by atoms with Gasteiger partial charge in [0.25, 0.3) is 5.69 Å². The first-order valence-corrected chi connectivity index (χ1v) is 14.1. The molecule has 3 aromatic rings. The van der Waals surface area contributed by atoms with Crippen LogP contribution in [0, 0.1) is 16.0 Å². The molecule has 4 rings (SSSR count). The topological polar surface area (TPSA) is 120 Å². The van der Waals surface area contributed by atoms with Crippen LogP contribution >= 0.6 is 0 Å². The molecule has 1 aliphatic heterocycles. The van der Waals surface area contributed by atoms with Crippen LogP contribution in [0.3, 0.4) is 0 Å². The highest BCUT2D eigenvalue weighted by Crippen LogP contribution is 2.31. The van der Waals surface area contributed by atoms with Gasteiger partial charge in [0.15, 0.2) is 0 Å². The molecule has 1 N–H and O–H groups in total. The van der Waals surface area contributed by atoms with Gasteiger partial charge in [-0.2, -0.15) is 4.31 Å². The van der Waals surface area contributed by atoms with Crippen molar-refractivity contribution in [3.8, 4) is 11.5 Å². The lowest BCUT2D eigenvalue weighted by Gasteiger charge is -2.24. The van der Waals surface area contributed by atoms with Gasteiger partial charge in [-0.25, -0.2) is 8.42 Å². The lowest BCUT2D eigenvalue weighted by molar-refractivity contribution is -0.384. The lowest BCUT2D eigenvalue weighted by atomic mass is 10.0. The average Bonchev–Trinajstić information content (AvgIpc) is 2.96. The van der Waals surface area contributed by atoms with Gasteiger partial charge in [-0.05, 0) is 66.3 Å². The van der Waals surface area contributed by atoms with Crippen molar-refractivity contribution >= 4 is 21.4 Å². The second kappa shape index (κ2) is 12.9. The lowest BCUT2D eigenvalue weighted by Crippen LogP contribution is -2.30. The number of nitrogens with zero attached hydrogens (tertiary/aromatic N) is 2. The van der Waals surface area contributed by atoms with Crippen molar-refractivity contribution in [1.29, 1.82) is 0 Å². The molecule has 1 heterocycles. The number of sulfonamides is 1. The molecular formula is C28H33N3O7S. The number of benzene rings is 3. The normalized spacial score (nSPS) is 14.2. The van der Waals surface area contributed by atoms with Gasteiger partial charge in [0.2, 0.25) is 10.0 Å². The Kier molecular flexibility index (Phi) is 9.39. The summed E-state index contributed by atoms with van der Waals surface area (Å²) >= 11 is 0. The second-order valence-electron chi connectivity index (χ2n) is 9.34. The van der Waals surface area contributed by atoms with Crippen LogP contribution < -0.4 is 14.8 Å². The zero-order valence-corrected chi connectivity index (χ0v) is 22.9. The minimum Gasteiger partial charge on any atom is -0.497 e. The second-order valence-corrected chi connectivity index (χ2v) is 11.3. The molecule has 11 heteroatoms. The van der Waals surface area contributed by atoms with E-state index in [1.807, 2.05) is 0 Å². The van der Waals surface area contributed by atoms with Crippen LogP contribution in [0.4, 0.5) is 11.4 Å². The summed E-state index contributed by atoms with van der Waals surface area (Å²) < 4.78 is 44.9. The first kappa shape index (κ1) is 28.3. The van der Waals surface area contributed by atoms with E-state index in [1.54, 1.807) is 62.8 Å². The van der Waals surface area contributed by atoms with Gasteiger partial charge in [-0.3, -0.25) is 10.1 Å². The van der Waals surface area contributed by atoms with Crippen LogP contribution in [0.1, 0.15) is 24.0 Å². The van der Waals surface area contributed by atoms with Crippen LogP contribution in [0.15, 0.2) is 71.6 Å². The van der Waals surface area contributed by atoms with Crippen molar-refractivity contribution < 1.29 is 27.6 Å². The molecule has 0 bridgehead atoms. The Morgan fingerprint density at radius 2 is 1.46 bits per heavy atom. The third kappa shape index (κ3) is 7.25. The van der Waals surface area contributed by atoms with Crippen molar-refractivity contribution in [3.05, 3.63) is 88.0 Å². The zero-order chi connectivity index (χ0) is 27.8. The molecule has 1 aliphatic rings. The first-order valence-electron chi connectivity index (χ1n) is 12.7. The molecule has 0 aliphatic carbocycles. The number of nitro groups is 1.